The Morgan fingerprint density at radius 1 is 1.44 bits per heavy atom. The second-order valence-corrected chi connectivity index (χ2v) is 4.29. The van der Waals surface area contributed by atoms with Crippen molar-refractivity contribution in [3.63, 3.8) is 0 Å². The molecule has 0 aromatic heterocycles. The van der Waals surface area contributed by atoms with Crippen LogP contribution in [0.4, 0.5) is 4.79 Å². The van der Waals surface area contributed by atoms with Crippen LogP contribution in [-0.4, -0.2) is 53.6 Å². The van der Waals surface area contributed by atoms with Gasteiger partial charge in [0.15, 0.2) is 6.10 Å². The largest absolute Gasteiger partial charge is 0.479 e. The summed E-state index contributed by atoms with van der Waals surface area (Å²) in [5.41, 5.74) is 0. The number of hydrogen-bond donors (Lipinski definition) is 4. The van der Waals surface area contributed by atoms with Gasteiger partial charge in [-0.15, -0.1) is 0 Å². The fraction of sp³-hybridized carbons (Fsp3) is 0.818. The molecule has 0 aromatic carbocycles. The van der Waals surface area contributed by atoms with E-state index in [9.17, 15) is 9.59 Å². The summed E-state index contributed by atoms with van der Waals surface area (Å²) in [7, 11) is 0. The predicted octanol–water partition coefficient (Wildman–Crippen LogP) is -0.311. The molecule has 0 aromatic rings. The van der Waals surface area contributed by atoms with Gasteiger partial charge < -0.3 is 25.6 Å². The number of carbonyl (C=O) groups is 2. The maximum atomic E-state index is 11.4. The van der Waals surface area contributed by atoms with Crippen molar-refractivity contribution in [3.05, 3.63) is 0 Å². The van der Waals surface area contributed by atoms with E-state index in [0.29, 0.717) is 6.61 Å². The van der Waals surface area contributed by atoms with Gasteiger partial charge in [-0.3, -0.25) is 0 Å². The number of amides is 2. The summed E-state index contributed by atoms with van der Waals surface area (Å²) in [6, 6.07) is -0.224. The summed E-state index contributed by atoms with van der Waals surface area (Å²) in [4.78, 5) is 21.7. The van der Waals surface area contributed by atoms with E-state index >= 15 is 0 Å². The Kier molecular flexibility index (Phi) is 5.87. The van der Waals surface area contributed by atoms with Gasteiger partial charge in [-0.2, -0.15) is 0 Å². The molecule has 1 fully saturated rings. The lowest BCUT2D eigenvalue weighted by Crippen LogP contribution is -2.51. The molecule has 1 saturated carbocycles. The van der Waals surface area contributed by atoms with Crippen LogP contribution in [0.1, 0.15) is 26.2 Å². The highest BCUT2D eigenvalue weighted by Crippen LogP contribution is 2.22. The normalized spacial score (nSPS) is 23.9. The number of hydrogen-bond acceptors (Lipinski definition) is 4. The van der Waals surface area contributed by atoms with E-state index in [1.54, 1.807) is 0 Å². The molecule has 7 heteroatoms. The second-order valence-electron chi connectivity index (χ2n) is 4.29. The van der Waals surface area contributed by atoms with Crippen molar-refractivity contribution in [2.75, 3.05) is 13.2 Å². The van der Waals surface area contributed by atoms with Crippen molar-refractivity contribution in [2.45, 2.75) is 44.4 Å². The minimum absolute atomic E-state index is 0.00497. The first-order valence-electron chi connectivity index (χ1n) is 6.09. The number of aliphatic carboxylic acids is 1. The number of aliphatic hydroxyl groups excluding tert-OH is 1. The number of ether oxygens (including phenoxy) is 1. The number of carboxylic acids is 1. The Morgan fingerprint density at radius 2 is 2.11 bits per heavy atom. The van der Waals surface area contributed by atoms with E-state index in [1.165, 1.54) is 0 Å². The maximum Gasteiger partial charge on any atom is 0.332 e. The van der Waals surface area contributed by atoms with Crippen LogP contribution in [0.15, 0.2) is 0 Å². The van der Waals surface area contributed by atoms with Gasteiger partial charge in [-0.25, -0.2) is 9.59 Å². The number of carboxylic acid groups (broad SMARTS) is 1. The van der Waals surface area contributed by atoms with Gasteiger partial charge in [0.05, 0.1) is 6.10 Å². The van der Waals surface area contributed by atoms with Crippen molar-refractivity contribution >= 4 is 12.0 Å². The van der Waals surface area contributed by atoms with Crippen molar-refractivity contribution in [1.82, 2.24) is 10.6 Å². The number of aliphatic hydroxyl groups is 1. The van der Waals surface area contributed by atoms with Crippen molar-refractivity contribution in [2.24, 2.45) is 0 Å². The molecule has 1 unspecified atom stereocenters. The van der Waals surface area contributed by atoms with E-state index < -0.39 is 12.1 Å². The molecule has 0 radical (unpaired) electrons. The number of carbonyl (C=O) groups excluding carboxylic acids is 1. The summed E-state index contributed by atoms with van der Waals surface area (Å²) >= 11 is 0. The minimum atomic E-state index is -1.43. The summed E-state index contributed by atoms with van der Waals surface area (Å²) < 4.78 is 5.36. The lowest BCUT2D eigenvalue weighted by molar-refractivity contribution is -0.146. The zero-order chi connectivity index (χ0) is 13.5. The molecule has 1 atom stereocenters. The van der Waals surface area contributed by atoms with Gasteiger partial charge in [0.25, 0.3) is 0 Å². The van der Waals surface area contributed by atoms with Gasteiger partial charge in [0.2, 0.25) is 0 Å². The second kappa shape index (κ2) is 7.17. The average molecular weight is 260 g/mol. The fourth-order valence-electron chi connectivity index (χ4n) is 1.74. The number of urea groups is 1. The lowest BCUT2D eigenvalue weighted by atomic mass is 9.89. The van der Waals surface area contributed by atoms with Gasteiger partial charge in [0, 0.05) is 25.6 Å². The Labute approximate surface area is 106 Å². The summed E-state index contributed by atoms with van der Waals surface area (Å²) in [5, 5.41) is 22.7. The molecule has 0 aliphatic heterocycles. The van der Waals surface area contributed by atoms with Crippen molar-refractivity contribution in [1.29, 1.82) is 0 Å². The van der Waals surface area contributed by atoms with E-state index in [-0.39, 0.29) is 31.1 Å². The molecular formula is C11H20N2O5. The van der Waals surface area contributed by atoms with Crippen LogP contribution in [0.25, 0.3) is 0 Å². The Bertz CT molecular complexity index is 291. The first-order valence-corrected chi connectivity index (χ1v) is 6.09. The molecule has 4 N–H and O–H groups in total. The monoisotopic (exact) mass is 260 g/mol. The summed E-state index contributed by atoms with van der Waals surface area (Å²) in [6.07, 6.45) is 0.401. The van der Waals surface area contributed by atoms with Gasteiger partial charge in [-0.1, -0.05) is 0 Å². The molecule has 1 rings (SSSR count). The smallest absolute Gasteiger partial charge is 0.332 e. The molecule has 0 saturated heterocycles. The minimum Gasteiger partial charge on any atom is -0.479 e. The summed E-state index contributed by atoms with van der Waals surface area (Å²) in [6.45, 7) is 2.73. The van der Waals surface area contributed by atoms with Crippen LogP contribution in [0.3, 0.4) is 0 Å². The van der Waals surface area contributed by atoms with Gasteiger partial charge in [-0.05, 0) is 19.8 Å². The topological polar surface area (TPSA) is 108 Å². The third-order valence-electron chi connectivity index (χ3n) is 2.82. The first-order chi connectivity index (χ1) is 8.52. The lowest BCUT2D eigenvalue weighted by Gasteiger charge is -2.35. The average Bonchev–Trinajstić information content (AvgIpc) is 2.26. The van der Waals surface area contributed by atoms with Gasteiger partial charge >= 0.3 is 12.0 Å². The molecule has 0 bridgehead atoms. The zero-order valence-corrected chi connectivity index (χ0v) is 10.4. The quantitative estimate of drug-likeness (QED) is 0.502. The van der Waals surface area contributed by atoms with Crippen LogP contribution in [0.2, 0.25) is 0 Å². The molecule has 104 valence electrons. The summed E-state index contributed by atoms with van der Waals surface area (Å²) in [5.74, 6) is -1.28. The Balaban J connectivity index is 2.03. The Hall–Kier alpha value is -1.34. The zero-order valence-electron chi connectivity index (χ0n) is 10.4. The molecule has 18 heavy (non-hydrogen) atoms. The first kappa shape index (κ1) is 14.7. The van der Waals surface area contributed by atoms with Crippen LogP contribution in [0, 0.1) is 0 Å². The highest BCUT2D eigenvalue weighted by molar-refractivity contribution is 5.74. The number of rotatable bonds is 7. The third-order valence-corrected chi connectivity index (χ3v) is 2.82. The van der Waals surface area contributed by atoms with Crippen LogP contribution in [-0.2, 0) is 9.53 Å². The van der Waals surface area contributed by atoms with Crippen LogP contribution in [0.5, 0.6) is 0 Å². The molecule has 0 heterocycles. The molecule has 7 nitrogen and oxygen atoms in total. The SMILES string of the molecule is CCOC1CC(NC(=O)NCCC(O)C(=O)O)C1. The molecular weight excluding hydrogens is 240 g/mol. The molecule has 2 amide bonds. The van der Waals surface area contributed by atoms with Crippen molar-refractivity contribution in [3.8, 4) is 0 Å². The van der Waals surface area contributed by atoms with Gasteiger partial charge in [0.1, 0.15) is 0 Å². The fourth-order valence-corrected chi connectivity index (χ4v) is 1.74. The molecule has 1 aliphatic carbocycles. The Morgan fingerprint density at radius 3 is 2.67 bits per heavy atom. The third kappa shape index (κ3) is 4.89. The van der Waals surface area contributed by atoms with E-state index in [0.717, 1.165) is 12.8 Å². The van der Waals surface area contributed by atoms with Crippen molar-refractivity contribution < 1.29 is 24.5 Å². The highest BCUT2D eigenvalue weighted by Gasteiger charge is 2.30. The van der Waals surface area contributed by atoms with E-state index in [2.05, 4.69) is 10.6 Å². The molecule has 1 aliphatic rings. The molecule has 0 spiro atoms. The van der Waals surface area contributed by atoms with E-state index in [1.807, 2.05) is 6.92 Å². The van der Waals surface area contributed by atoms with Crippen LogP contribution < -0.4 is 10.6 Å². The number of nitrogens with one attached hydrogen (secondary N) is 2. The standard InChI is InChI=1S/C11H20N2O5/c1-2-18-8-5-7(6-8)13-11(17)12-4-3-9(14)10(15)16/h7-9,14H,2-6H2,1H3,(H,15,16)(H2,12,13,17). The maximum absolute atomic E-state index is 11.4. The highest BCUT2D eigenvalue weighted by atomic mass is 16.5. The predicted molar refractivity (Wildman–Crippen MR) is 63.2 cm³/mol. The van der Waals surface area contributed by atoms with E-state index in [4.69, 9.17) is 14.9 Å². The van der Waals surface area contributed by atoms with Crippen LogP contribution >= 0.6 is 0 Å².